The lowest BCUT2D eigenvalue weighted by atomic mass is 9.86. The predicted octanol–water partition coefficient (Wildman–Crippen LogP) is 5.99. The first-order valence-corrected chi connectivity index (χ1v) is 8.20. The van der Waals surface area contributed by atoms with Crippen LogP contribution in [0.25, 0.3) is 0 Å². The van der Waals surface area contributed by atoms with Crippen molar-refractivity contribution in [1.82, 2.24) is 0 Å². The molecule has 24 heavy (non-hydrogen) atoms. The lowest BCUT2D eigenvalue weighted by Crippen LogP contribution is -2.19. The number of aryl methyl sites for hydroxylation is 1. The van der Waals surface area contributed by atoms with E-state index < -0.39 is 5.41 Å². The molecule has 126 valence electrons. The standard InChI is InChI=1S/C20H24N2O2/c1-5-6-14-7-12-18(23)17(13-14)22-21-16-10-8-15(9-11-16)19(24)20(2,3)4/h7-13,23H,5-6H2,1-4H3/b22-21+. The zero-order valence-electron chi connectivity index (χ0n) is 14.7. The Bertz CT molecular complexity index is 741. The number of azo groups is 1. The number of hydrogen-bond acceptors (Lipinski definition) is 4. The summed E-state index contributed by atoms with van der Waals surface area (Å²) in [7, 11) is 0. The lowest BCUT2D eigenvalue weighted by molar-refractivity contribution is 0.0858. The highest BCUT2D eigenvalue weighted by Crippen LogP contribution is 2.30. The van der Waals surface area contributed by atoms with Crippen LogP contribution < -0.4 is 0 Å². The Morgan fingerprint density at radius 1 is 1.04 bits per heavy atom. The van der Waals surface area contributed by atoms with E-state index in [2.05, 4.69) is 17.2 Å². The first-order chi connectivity index (χ1) is 11.3. The van der Waals surface area contributed by atoms with Crippen LogP contribution in [0.3, 0.4) is 0 Å². The SMILES string of the molecule is CCCc1ccc(O)c(/N=N/c2ccc(C(=O)C(C)(C)C)cc2)c1. The fourth-order valence-electron chi connectivity index (χ4n) is 2.32. The molecule has 0 spiro atoms. The van der Waals surface area contributed by atoms with Crippen molar-refractivity contribution in [3.8, 4) is 5.75 Å². The van der Waals surface area contributed by atoms with Crippen LogP contribution in [0.5, 0.6) is 5.75 Å². The fourth-order valence-corrected chi connectivity index (χ4v) is 2.32. The molecule has 0 saturated carbocycles. The van der Waals surface area contributed by atoms with Crippen molar-refractivity contribution in [3.05, 3.63) is 53.6 Å². The van der Waals surface area contributed by atoms with Gasteiger partial charge in [-0.05, 0) is 48.4 Å². The van der Waals surface area contributed by atoms with Crippen molar-refractivity contribution in [2.24, 2.45) is 15.6 Å². The van der Waals surface area contributed by atoms with E-state index in [-0.39, 0.29) is 11.5 Å². The number of phenols is 1. The number of carbonyl (C=O) groups is 1. The van der Waals surface area contributed by atoms with Gasteiger partial charge >= 0.3 is 0 Å². The van der Waals surface area contributed by atoms with E-state index in [4.69, 9.17) is 0 Å². The number of rotatable bonds is 5. The maximum atomic E-state index is 12.2. The summed E-state index contributed by atoms with van der Waals surface area (Å²) in [5, 5.41) is 18.2. The van der Waals surface area contributed by atoms with Crippen molar-refractivity contribution >= 4 is 17.2 Å². The van der Waals surface area contributed by atoms with Crippen LogP contribution in [0.4, 0.5) is 11.4 Å². The van der Waals surface area contributed by atoms with Crippen molar-refractivity contribution < 1.29 is 9.90 Å². The molecular weight excluding hydrogens is 300 g/mol. The largest absolute Gasteiger partial charge is 0.506 e. The van der Waals surface area contributed by atoms with Crippen molar-refractivity contribution in [2.75, 3.05) is 0 Å². The van der Waals surface area contributed by atoms with E-state index in [1.807, 2.05) is 32.9 Å². The molecule has 2 rings (SSSR count). The van der Waals surface area contributed by atoms with Crippen molar-refractivity contribution in [3.63, 3.8) is 0 Å². The highest BCUT2D eigenvalue weighted by atomic mass is 16.3. The predicted molar refractivity (Wildman–Crippen MR) is 96.5 cm³/mol. The third-order valence-corrected chi connectivity index (χ3v) is 3.66. The summed E-state index contributed by atoms with van der Waals surface area (Å²) >= 11 is 0. The Morgan fingerprint density at radius 3 is 2.29 bits per heavy atom. The molecule has 0 aliphatic carbocycles. The van der Waals surface area contributed by atoms with Gasteiger partial charge in [0.25, 0.3) is 0 Å². The normalized spacial score (nSPS) is 11.8. The molecule has 0 radical (unpaired) electrons. The molecule has 2 aromatic carbocycles. The zero-order valence-corrected chi connectivity index (χ0v) is 14.7. The summed E-state index contributed by atoms with van der Waals surface area (Å²) in [6.07, 6.45) is 1.97. The molecule has 0 amide bonds. The molecule has 0 aromatic heterocycles. The number of hydrogen-bond donors (Lipinski definition) is 1. The molecule has 0 aliphatic heterocycles. The molecule has 2 aromatic rings. The minimum Gasteiger partial charge on any atom is -0.506 e. The van der Waals surface area contributed by atoms with Crippen LogP contribution in [0, 0.1) is 5.41 Å². The van der Waals surface area contributed by atoms with Crippen LogP contribution in [0.15, 0.2) is 52.7 Å². The van der Waals surface area contributed by atoms with E-state index in [1.165, 1.54) is 0 Å². The number of phenolic OH excluding ortho intramolecular Hbond substituents is 1. The van der Waals surface area contributed by atoms with Crippen LogP contribution >= 0.6 is 0 Å². The molecule has 1 N–H and O–H groups in total. The molecule has 0 heterocycles. The average molecular weight is 324 g/mol. The molecule has 0 aliphatic rings. The van der Waals surface area contributed by atoms with Gasteiger partial charge < -0.3 is 5.11 Å². The first kappa shape index (κ1) is 17.9. The topological polar surface area (TPSA) is 62.0 Å². The van der Waals surface area contributed by atoms with Gasteiger partial charge in [0.15, 0.2) is 5.78 Å². The first-order valence-electron chi connectivity index (χ1n) is 8.20. The van der Waals surface area contributed by atoms with E-state index in [1.54, 1.807) is 30.3 Å². The van der Waals surface area contributed by atoms with Crippen LogP contribution in [0.1, 0.15) is 50.0 Å². The van der Waals surface area contributed by atoms with Gasteiger partial charge in [0.1, 0.15) is 11.4 Å². The third-order valence-electron chi connectivity index (χ3n) is 3.66. The molecule has 0 atom stereocenters. The van der Waals surface area contributed by atoms with Gasteiger partial charge in [-0.15, -0.1) is 5.11 Å². The number of carbonyl (C=O) groups excluding carboxylic acids is 1. The Labute approximate surface area is 143 Å². The third kappa shape index (κ3) is 4.51. The minimum absolute atomic E-state index is 0.0934. The Kier molecular flexibility index (Phi) is 5.50. The van der Waals surface area contributed by atoms with Gasteiger partial charge in [-0.1, -0.05) is 40.2 Å². The molecule has 0 fully saturated rings. The van der Waals surface area contributed by atoms with E-state index >= 15 is 0 Å². The molecule has 0 bridgehead atoms. The van der Waals surface area contributed by atoms with Gasteiger partial charge in [0.05, 0.1) is 5.69 Å². The number of benzene rings is 2. The molecule has 0 saturated heterocycles. The van der Waals surface area contributed by atoms with Crippen LogP contribution in [0.2, 0.25) is 0 Å². The van der Waals surface area contributed by atoms with E-state index in [9.17, 15) is 9.90 Å². The molecular formula is C20H24N2O2. The number of aromatic hydroxyl groups is 1. The average Bonchev–Trinajstić information content (AvgIpc) is 2.54. The highest BCUT2D eigenvalue weighted by molar-refractivity contribution is 5.99. The smallest absolute Gasteiger partial charge is 0.168 e. The van der Waals surface area contributed by atoms with Gasteiger partial charge in [0.2, 0.25) is 0 Å². The van der Waals surface area contributed by atoms with Crippen LogP contribution in [-0.2, 0) is 6.42 Å². The summed E-state index contributed by atoms with van der Waals surface area (Å²) in [5.41, 5.74) is 2.47. The Balaban J connectivity index is 2.18. The van der Waals surface area contributed by atoms with Gasteiger partial charge in [0, 0.05) is 11.0 Å². The van der Waals surface area contributed by atoms with Gasteiger partial charge in [-0.2, -0.15) is 5.11 Å². The second kappa shape index (κ2) is 7.39. The van der Waals surface area contributed by atoms with E-state index in [0.717, 1.165) is 18.4 Å². The second-order valence-electron chi connectivity index (χ2n) is 6.90. The van der Waals surface area contributed by atoms with Crippen molar-refractivity contribution in [1.29, 1.82) is 0 Å². The number of Topliss-reactive ketones (excluding diaryl/α,β-unsaturated/α-hetero) is 1. The van der Waals surface area contributed by atoms with Gasteiger partial charge in [-0.25, -0.2) is 0 Å². The zero-order chi connectivity index (χ0) is 17.7. The maximum Gasteiger partial charge on any atom is 0.168 e. The Morgan fingerprint density at radius 2 is 1.71 bits per heavy atom. The maximum absolute atomic E-state index is 12.2. The minimum atomic E-state index is -0.408. The van der Waals surface area contributed by atoms with Crippen molar-refractivity contribution in [2.45, 2.75) is 40.5 Å². The van der Waals surface area contributed by atoms with Gasteiger partial charge in [-0.3, -0.25) is 4.79 Å². The summed E-state index contributed by atoms with van der Waals surface area (Å²) in [6.45, 7) is 7.80. The number of nitrogens with zero attached hydrogens (tertiary/aromatic N) is 2. The summed E-state index contributed by atoms with van der Waals surface area (Å²) in [4.78, 5) is 12.2. The molecule has 4 heteroatoms. The highest BCUT2D eigenvalue weighted by Gasteiger charge is 2.22. The fraction of sp³-hybridized carbons (Fsp3) is 0.350. The Hall–Kier alpha value is -2.49. The monoisotopic (exact) mass is 324 g/mol. The van der Waals surface area contributed by atoms with Crippen LogP contribution in [-0.4, -0.2) is 10.9 Å². The lowest BCUT2D eigenvalue weighted by Gasteiger charge is -2.16. The summed E-state index contributed by atoms with van der Waals surface area (Å²) in [6, 6.07) is 12.4. The second-order valence-corrected chi connectivity index (χ2v) is 6.90. The summed E-state index contributed by atoms with van der Waals surface area (Å²) in [5.74, 6) is 0.203. The molecule has 0 unspecified atom stereocenters. The summed E-state index contributed by atoms with van der Waals surface area (Å²) < 4.78 is 0. The molecule has 4 nitrogen and oxygen atoms in total. The quantitative estimate of drug-likeness (QED) is 0.542. The number of ketones is 1. The van der Waals surface area contributed by atoms with E-state index in [0.29, 0.717) is 16.9 Å².